The summed E-state index contributed by atoms with van der Waals surface area (Å²) in [7, 11) is 3.81. The molecule has 1 amide bonds. The second-order valence-electron chi connectivity index (χ2n) is 8.19. The molecule has 2 aliphatic rings. The molecule has 0 atom stereocenters. The molecule has 0 unspecified atom stereocenters. The smallest absolute Gasteiger partial charge is 0.228 e. The number of anilines is 4. The third-order valence-electron chi connectivity index (χ3n) is 5.69. The van der Waals surface area contributed by atoms with Gasteiger partial charge in [0, 0.05) is 72.9 Å². The molecular formula is C23H25N7O2. The maximum Gasteiger partial charge on any atom is 0.228 e. The number of carbonyl (C=O) groups is 2. The van der Waals surface area contributed by atoms with E-state index in [0.29, 0.717) is 18.1 Å². The summed E-state index contributed by atoms with van der Waals surface area (Å²) in [6, 6.07) is 3.43. The number of nitrogens with zero attached hydrogens (tertiary/aromatic N) is 5. The minimum Gasteiger partial charge on any atom is -0.367 e. The van der Waals surface area contributed by atoms with E-state index in [1.807, 2.05) is 31.3 Å². The van der Waals surface area contributed by atoms with Gasteiger partial charge in [0.2, 0.25) is 5.91 Å². The SMILES string of the molecule is [2H]C([2H])([2H])CC(=O)c1cnc(NC(=O)C2CC2)cc1Nc1nccc2c1N(C)Cc1cn(C)nc1-2. The molecule has 0 spiro atoms. The summed E-state index contributed by atoms with van der Waals surface area (Å²) < 4.78 is 24.3. The number of hydrogen-bond donors (Lipinski definition) is 2. The monoisotopic (exact) mass is 434 g/mol. The maximum absolute atomic E-state index is 12.9. The fourth-order valence-electron chi connectivity index (χ4n) is 3.98. The van der Waals surface area contributed by atoms with E-state index in [1.165, 1.54) is 6.20 Å². The van der Waals surface area contributed by atoms with Crippen molar-refractivity contribution in [3.8, 4) is 11.3 Å². The Hall–Kier alpha value is -3.75. The van der Waals surface area contributed by atoms with Crippen molar-refractivity contribution < 1.29 is 13.7 Å². The van der Waals surface area contributed by atoms with E-state index >= 15 is 0 Å². The molecular weight excluding hydrogens is 406 g/mol. The van der Waals surface area contributed by atoms with Crippen LogP contribution in [-0.2, 0) is 18.4 Å². The molecule has 1 saturated carbocycles. The van der Waals surface area contributed by atoms with Crippen molar-refractivity contribution in [1.29, 1.82) is 0 Å². The van der Waals surface area contributed by atoms with Crippen LogP contribution in [0.4, 0.5) is 23.0 Å². The highest BCUT2D eigenvalue weighted by atomic mass is 16.2. The molecule has 9 heteroatoms. The van der Waals surface area contributed by atoms with E-state index in [1.54, 1.807) is 16.9 Å². The van der Waals surface area contributed by atoms with Crippen molar-refractivity contribution in [2.24, 2.45) is 13.0 Å². The Morgan fingerprint density at radius 3 is 2.91 bits per heavy atom. The molecule has 32 heavy (non-hydrogen) atoms. The third kappa shape index (κ3) is 3.59. The molecule has 3 aromatic rings. The summed E-state index contributed by atoms with van der Waals surface area (Å²) in [5.74, 6) is 0.0388. The summed E-state index contributed by atoms with van der Waals surface area (Å²) in [5, 5.41) is 10.6. The summed E-state index contributed by atoms with van der Waals surface area (Å²) in [6.45, 7) is -1.80. The number of rotatable bonds is 6. The molecule has 0 saturated heterocycles. The van der Waals surface area contributed by atoms with Crippen molar-refractivity contribution in [1.82, 2.24) is 19.7 Å². The van der Waals surface area contributed by atoms with E-state index in [2.05, 4.69) is 25.7 Å². The molecule has 4 heterocycles. The number of amides is 1. The Balaban J connectivity index is 1.54. The minimum atomic E-state index is -2.42. The summed E-state index contributed by atoms with van der Waals surface area (Å²) in [4.78, 5) is 35.9. The number of hydrogen-bond acceptors (Lipinski definition) is 7. The van der Waals surface area contributed by atoms with Gasteiger partial charge in [0.1, 0.15) is 5.82 Å². The zero-order chi connectivity index (χ0) is 24.9. The number of ketones is 1. The normalized spacial score (nSPS) is 16.3. The topological polar surface area (TPSA) is 105 Å². The molecule has 3 aromatic heterocycles. The number of nitrogens with one attached hydrogen (secondary N) is 2. The van der Waals surface area contributed by atoms with Crippen LogP contribution in [0.3, 0.4) is 0 Å². The molecule has 0 radical (unpaired) electrons. The molecule has 0 aromatic carbocycles. The highest BCUT2D eigenvalue weighted by molar-refractivity contribution is 6.03. The molecule has 1 aliphatic carbocycles. The van der Waals surface area contributed by atoms with Gasteiger partial charge in [-0.1, -0.05) is 6.85 Å². The van der Waals surface area contributed by atoms with Gasteiger partial charge in [-0.25, -0.2) is 9.97 Å². The molecule has 5 rings (SSSR count). The quantitative estimate of drug-likeness (QED) is 0.572. The second kappa shape index (κ2) is 7.74. The summed E-state index contributed by atoms with van der Waals surface area (Å²) >= 11 is 0. The second-order valence-corrected chi connectivity index (χ2v) is 8.19. The molecule has 164 valence electrons. The molecule has 0 bridgehead atoms. The Bertz CT molecular complexity index is 1330. The average molecular weight is 435 g/mol. The zero-order valence-corrected chi connectivity index (χ0v) is 17.8. The first kappa shape index (κ1) is 16.9. The van der Waals surface area contributed by atoms with Crippen molar-refractivity contribution in [2.75, 3.05) is 22.6 Å². The van der Waals surface area contributed by atoms with Gasteiger partial charge in [-0.15, -0.1) is 0 Å². The lowest BCUT2D eigenvalue weighted by Crippen LogP contribution is -2.23. The van der Waals surface area contributed by atoms with E-state index in [9.17, 15) is 9.59 Å². The average Bonchev–Trinajstić information content (AvgIpc) is 3.55. The Kier molecular flexibility index (Phi) is 4.08. The Labute approximate surface area is 190 Å². The maximum atomic E-state index is 12.9. The fraction of sp³-hybridized carbons (Fsp3) is 0.348. The van der Waals surface area contributed by atoms with Crippen LogP contribution in [-0.4, -0.2) is 38.5 Å². The van der Waals surface area contributed by atoms with Crippen molar-refractivity contribution in [2.45, 2.75) is 32.7 Å². The van der Waals surface area contributed by atoms with E-state index in [-0.39, 0.29) is 23.2 Å². The van der Waals surface area contributed by atoms with Crippen molar-refractivity contribution in [3.63, 3.8) is 0 Å². The standard InChI is InChI=1S/C23H25N7O2/c1-4-18(31)16-10-25-19(27-23(32)13-5-6-13)9-17(16)26-22-21-15(7-8-24-22)20-14(11-29(21)2)12-30(3)28-20/h7-10,12-13H,4-6,11H2,1-3H3,(H2,24,25,26,27,32)/i1D3. The van der Waals surface area contributed by atoms with Gasteiger partial charge in [-0.3, -0.25) is 14.3 Å². The highest BCUT2D eigenvalue weighted by Crippen LogP contribution is 2.42. The number of carbonyl (C=O) groups excluding carboxylic acids is 2. The van der Waals surface area contributed by atoms with Gasteiger partial charge in [-0.05, 0) is 18.9 Å². The number of aromatic nitrogens is 4. The first-order valence-electron chi connectivity index (χ1n) is 11.9. The lowest BCUT2D eigenvalue weighted by Gasteiger charge is -2.28. The number of pyridine rings is 2. The lowest BCUT2D eigenvalue weighted by molar-refractivity contribution is -0.117. The fourth-order valence-corrected chi connectivity index (χ4v) is 3.98. The van der Waals surface area contributed by atoms with Crippen LogP contribution in [0.15, 0.2) is 30.7 Å². The van der Waals surface area contributed by atoms with Crippen LogP contribution in [0.2, 0.25) is 0 Å². The van der Waals surface area contributed by atoms with Crippen LogP contribution in [0.1, 0.15) is 46.1 Å². The van der Waals surface area contributed by atoms with Crippen LogP contribution in [0.25, 0.3) is 11.3 Å². The van der Waals surface area contributed by atoms with Crippen molar-refractivity contribution in [3.05, 3.63) is 41.9 Å². The van der Waals surface area contributed by atoms with Gasteiger partial charge in [0.15, 0.2) is 11.6 Å². The first-order valence-corrected chi connectivity index (χ1v) is 10.4. The largest absolute Gasteiger partial charge is 0.367 e. The van der Waals surface area contributed by atoms with Crippen LogP contribution >= 0.6 is 0 Å². The molecule has 9 nitrogen and oxygen atoms in total. The number of Topliss-reactive ketones (excluding diaryl/α,β-unsaturated/α-hetero) is 1. The van der Waals surface area contributed by atoms with Gasteiger partial charge in [0.25, 0.3) is 0 Å². The molecule has 1 fully saturated rings. The van der Waals surface area contributed by atoms with E-state index < -0.39 is 19.1 Å². The van der Waals surface area contributed by atoms with Crippen molar-refractivity contribution >= 4 is 34.7 Å². The first-order chi connectivity index (χ1) is 16.6. The van der Waals surface area contributed by atoms with E-state index in [0.717, 1.165) is 35.3 Å². The third-order valence-corrected chi connectivity index (χ3v) is 5.69. The summed E-state index contributed by atoms with van der Waals surface area (Å²) in [6.07, 6.45) is 5.98. The number of aryl methyl sites for hydroxylation is 1. The Morgan fingerprint density at radius 2 is 2.12 bits per heavy atom. The number of fused-ring (bicyclic) bond motifs is 3. The molecule has 2 N–H and O–H groups in total. The van der Waals surface area contributed by atoms with Gasteiger partial charge in [-0.2, -0.15) is 5.10 Å². The van der Waals surface area contributed by atoms with Gasteiger partial charge >= 0.3 is 0 Å². The highest BCUT2D eigenvalue weighted by Gasteiger charge is 2.30. The van der Waals surface area contributed by atoms with Crippen LogP contribution in [0.5, 0.6) is 0 Å². The predicted molar refractivity (Wildman–Crippen MR) is 122 cm³/mol. The van der Waals surface area contributed by atoms with Crippen LogP contribution in [0, 0.1) is 5.92 Å². The summed E-state index contributed by atoms with van der Waals surface area (Å²) in [5.41, 5.74) is 4.06. The Morgan fingerprint density at radius 1 is 1.28 bits per heavy atom. The van der Waals surface area contributed by atoms with E-state index in [4.69, 9.17) is 4.11 Å². The lowest BCUT2D eigenvalue weighted by atomic mass is 10.0. The van der Waals surface area contributed by atoms with Gasteiger partial charge in [0.05, 0.1) is 22.6 Å². The van der Waals surface area contributed by atoms with Gasteiger partial charge < -0.3 is 15.5 Å². The zero-order valence-electron chi connectivity index (χ0n) is 20.8. The van der Waals surface area contributed by atoms with Crippen LogP contribution < -0.4 is 15.5 Å². The molecule has 1 aliphatic heterocycles. The minimum absolute atomic E-state index is 0.0193. The predicted octanol–water partition coefficient (Wildman–Crippen LogP) is 3.51.